The van der Waals surface area contributed by atoms with Crippen molar-refractivity contribution in [2.24, 2.45) is 5.92 Å². The molecule has 2 fully saturated rings. The lowest BCUT2D eigenvalue weighted by atomic mass is 10.0. The highest BCUT2D eigenvalue weighted by atomic mass is 32.2. The Hall–Kier alpha value is -0.660. The number of sulfonamides is 1. The number of carbonyl (C=O) groups is 1. The molecule has 0 bridgehead atoms. The molecule has 3 atom stereocenters. The fourth-order valence-corrected chi connectivity index (χ4v) is 4.96. The Morgan fingerprint density at radius 1 is 1.44 bits per heavy atom. The lowest BCUT2D eigenvalue weighted by molar-refractivity contribution is -0.140. The molecule has 104 valence electrons. The van der Waals surface area contributed by atoms with Crippen molar-refractivity contribution in [1.82, 2.24) is 9.62 Å². The zero-order valence-electron chi connectivity index (χ0n) is 10.8. The first-order valence-corrected chi connectivity index (χ1v) is 7.85. The summed E-state index contributed by atoms with van der Waals surface area (Å²) in [5, 5.41) is 3.23. The first-order chi connectivity index (χ1) is 8.45. The van der Waals surface area contributed by atoms with Crippen LogP contribution in [-0.4, -0.2) is 56.7 Å². The van der Waals surface area contributed by atoms with Crippen LogP contribution in [0.3, 0.4) is 0 Å². The molecule has 2 aliphatic heterocycles. The fourth-order valence-electron chi connectivity index (χ4n) is 3.03. The lowest BCUT2D eigenvalue weighted by Crippen LogP contribution is -2.44. The van der Waals surface area contributed by atoms with E-state index >= 15 is 0 Å². The van der Waals surface area contributed by atoms with Gasteiger partial charge in [0.2, 0.25) is 10.0 Å². The van der Waals surface area contributed by atoms with Crippen molar-refractivity contribution in [3.05, 3.63) is 0 Å². The number of carbonyl (C=O) groups excluding carboxylic acids is 1. The molecule has 0 amide bonds. The Kier molecular flexibility index (Phi) is 3.93. The maximum Gasteiger partial charge on any atom is 0.306 e. The van der Waals surface area contributed by atoms with E-state index in [0.29, 0.717) is 12.5 Å². The van der Waals surface area contributed by atoms with Crippen LogP contribution < -0.4 is 5.32 Å². The Morgan fingerprint density at radius 3 is 2.83 bits per heavy atom. The molecule has 2 heterocycles. The Morgan fingerprint density at radius 2 is 2.17 bits per heavy atom. The van der Waals surface area contributed by atoms with Crippen LogP contribution >= 0.6 is 0 Å². The van der Waals surface area contributed by atoms with Crippen LogP contribution in [0.1, 0.15) is 19.8 Å². The molecule has 0 saturated carbocycles. The molecule has 2 rings (SSSR count). The number of methoxy groups -OCH3 is 1. The Labute approximate surface area is 108 Å². The number of ether oxygens (including phenoxy) is 1. The molecular weight excluding hydrogens is 256 g/mol. The van der Waals surface area contributed by atoms with E-state index in [9.17, 15) is 13.2 Å². The predicted octanol–water partition coefficient (Wildman–Crippen LogP) is -0.438. The van der Waals surface area contributed by atoms with Crippen molar-refractivity contribution in [2.45, 2.75) is 31.8 Å². The van der Waals surface area contributed by atoms with Gasteiger partial charge in [-0.05, 0) is 25.8 Å². The van der Waals surface area contributed by atoms with Crippen molar-refractivity contribution >= 4 is 16.0 Å². The molecule has 0 aromatic carbocycles. The second-order valence-electron chi connectivity index (χ2n) is 5.04. The van der Waals surface area contributed by atoms with Gasteiger partial charge in [-0.2, -0.15) is 4.31 Å². The third-order valence-electron chi connectivity index (χ3n) is 3.82. The van der Waals surface area contributed by atoms with Crippen LogP contribution in [0.5, 0.6) is 0 Å². The van der Waals surface area contributed by atoms with Crippen molar-refractivity contribution in [3.63, 3.8) is 0 Å². The molecule has 2 saturated heterocycles. The SMILES string of the molecule is COC(=O)CCS(=O)(=O)N1C(C)CC2CNCC21. The number of hydrogen-bond acceptors (Lipinski definition) is 5. The third-order valence-corrected chi connectivity index (χ3v) is 5.82. The number of rotatable bonds is 4. The van der Waals surface area contributed by atoms with Gasteiger partial charge in [0.25, 0.3) is 0 Å². The number of fused-ring (bicyclic) bond motifs is 1. The molecule has 0 aliphatic carbocycles. The second-order valence-corrected chi connectivity index (χ2v) is 7.04. The summed E-state index contributed by atoms with van der Waals surface area (Å²) in [5.41, 5.74) is 0. The van der Waals surface area contributed by atoms with Gasteiger partial charge in [0.15, 0.2) is 0 Å². The highest BCUT2D eigenvalue weighted by Gasteiger charge is 2.47. The van der Waals surface area contributed by atoms with E-state index in [-0.39, 0.29) is 24.3 Å². The maximum atomic E-state index is 12.3. The van der Waals surface area contributed by atoms with Gasteiger partial charge in [-0.15, -0.1) is 0 Å². The zero-order chi connectivity index (χ0) is 13.3. The maximum absolute atomic E-state index is 12.3. The van der Waals surface area contributed by atoms with Gasteiger partial charge in [0.1, 0.15) is 0 Å². The first-order valence-electron chi connectivity index (χ1n) is 6.24. The molecule has 3 unspecified atom stereocenters. The summed E-state index contributed by atoms with van der Waals surface area (Å²) in [5.74, 6) is -0.229. The molecule has 6 nitrogen and oxygen atoms in total. The standard InChI is InChI=1S/C11H20N2O4S/c1-8-5-9-6-12-7-10(9)13(8)18(15,16)4-3-11(14)17-2/h8-10,12H,3-7H2,1-2H3. The summed E-state index contributed by atoms with van der Waals surface area (Å²) in [7, 11) is -2.11. The summed E-state index contributed by atoms with van der Waals surface area (Å²) >= 11 is 0. The van der Waals surface area contributed by atoms with E-state index in [1.54, 1.807) is 4.31 Å². The van der Waals surface area contributed by atoms with Crippen LogP contribution in [0.15, 0.2) is 0 Å². The largest absolute Gasteiger partial charge is 0.469 e. The Balaban J connectivity index is 2.06. The molecule has 0 spiro atoms. The topological polar surface area (TPSA) is 75.7 Å². The van der Waals surface area contributed by atoms with E-state index in [0.717, 1.165) is 13.0 Å². The van der Waals surface area contributed by atoms with Crippen LogP contribution in [-0.2, 0) is 19.6 Å². The van der Waals surface area contributed by atoms with Gasteiger partial charge in [0, 0.05) is 18.6 Å². The second kappa shape index (κ2) is 5.14. The molecule has 0 radical (unpaired) electrons. The molecule has 2 aliphatic rings. The van der Waals surface area contributed by atoms with Crippen molar-refractivity contribution < 1.29 is 17.9 Å². The number of nitrogens with one attached hydrogen (secondary N) is 1. The highest BCUT2D eigenvalue weighted by Crippen LogP contribution is 2.34. The van der Waals surface area contributed by atoms with Gasteiger partial charge >= 0.3 is 5.97 Å². The minimum absolute atomic E-state index is 0.0322. The number of hydrogen-bond donors (Lipinski definition) is 1. The number of esters is 1. The average molecular weight is 276 g/mol. The van der Waals surface area contributed by atoms with Gasteiger partial charge in [-0.25, -0.2) is 8.42 Å². The molecule has 1 N–H and O–H groups in total. The Bertz CT molecular complexity index is 423. The van der Waals surface area contributed by atoms with E-state index in [4.69, 9.17) is 0 Å². The molecule has 18 heavy (non-hydrogen) atoms. The summed E-state index contributed by atoms with van der Waals surface area (Å²) < 4.78 is 30.7. The van der Waals surface area contributed by atoms with Gasteiger partial charge in [-0.1, -0.05) is 0 Å². The molecule has 0 aromatic rings. The average Bonchev–Trinajstić information content (AvgIpc) is 2.84. The number of nitrogens with zero attached hydrogens (tertiary/aromatic N) is 1. The van der Waals surface area contributed by atoms with Gasteiger partial charge in [-0.3, -0.25) is 4.79 Å². The quantitative estimate of drug-likeness (QED) is 0.705. The van der Waals surface area contributed by atoms with Crippen molar-refractivity contribution in [3.8, 4) is 0 Å². The predicted molar refractivity (Wildman–Crippen MR) is 66.5 cm³/mol. The van der Waals surface area contributed by atoms with Crippen molar-refractivity contribution in [2.75, 3.05) is 26.0 Å². The van der Waals surface area contributed by atoms with Crippen molar-refractivity contribution in [1.29, 1.82) is 0 Å². The summed E-state index contributed by atoms with van der Waals surface area (Å²) in [6.07, 6.45) is 0.821. The molecule has 0 aromatic heterocycles. The van der Waals surface area contributed by atoms with E-state index < -0.39 is 16.0 Å². The lowest BCUT2D eigenvalue weighted by Gasteiger charge is -2.26. The van der Waals surface area contributed by atoms with Crippen LogP contribution in [0.25, 0.3) is 0 Å². The normalized spacial score (nSPS) is 32.4. The van der Waals surface area contributed by atoms with E-state index in [1.165, 1.54) is 7.11 Å². The molecular formula is C11H20N2O4S. The van der Waals surface area contributed by atoms with E-state index in [2.05, 4.69) is 10.1 Å². The molecule has 7 heteroatoms. The summed E-state index contributed by atoms with van der Waals surface area (Å²) in [6.45, 7) is 3.54. The zero-order valence-corrected chi connectivity index (χ0v) is 11.6. The van der Waals surface area contributed by atoms with Gasteiger partial charge < -0.3 is 10.1 Å². The minimum atomic E-state index is -3.38. The monoisotopic (exact) mass is 276 g/mol. The van der Waals surface area contributed by atoms with Crippen LogP contribution in [0.2, 0.25) is 0 Å². The minimum Gasteiger partial charge on any atom is -0.469 e. The summed E-state index contributed by atoms with van der Waals surface area (Å²) in [4.78, 5) is 11.1. The third kappa shape index (κ3) is 2.53. The fraction of sp³-hybridized carbons (Fsp3) is 0.909. The highest BCUT2D eigenvalue weighted by molar-refractivity contribution is 7.89. The summed E-state index contributed by atoms with van der Waals surface area (Å²) in [6, 6.07) is 0.0902. The van der Waals surface area contributed by atoms with Gasteiger partial charge in [0.05, 0.1) is 19.3 Å². The van der Waals surface area contributed by atoms with Crippen LogP contribution in [0, 0.1) is 5.92 Å². The van der Waals surface area contributed by atoms with E-state index in [1.807, 2.05) is 6.92 Å². The first kappa shape index (κ1) is 13.8. The smallest absolute Gasteiger partial charge is 0.306 e. The van der Waals surface area contributed by atoms with Crippen LogP contribution in [0.4, 0.5) is 0 Å².